The van der Waals surface area contributed by atoms with Gasteiger partial charge in [0.25, 0.3) is 0 Å². The van der Waals surface area contributed by atoms with Gasteiger partial charge in [-0.2, -0.15) is 0 Å². The van der Waals surface area contributed by atoms with Gasteiger partial charge >= 0.3 is 0 Å². The van der Waals surface area contributed by atoms with E-state index in [9.17, 15) is 0 Å². The first-order valence-electron chi connectivity index (χ1n) is 5.95. The normalized spacial score (nSPS) is 11.1. The van der Waals surface area contributed by atoms with E-state index >= 15 is 0 Å². The molecule has 0 saturated heterocycles. The monoisotopic (exact) mass is 258 g/mol. The molecule has 4 nitrogen and oxygen atoms in total. The molecule has 0 spiro atoms. The van der Waals surface area contributed by atoms with Gasteiger partial charge in [0.05, 0.1) is 5.52 Å². The van der Waals surface area contributed by atoms with Crippen LogP contribution in [0.4, 0.5) is 5.82 Å². The average Bonchev–Trinajstić information content (AvgIpc) is 2.97. The van der Waals surface area contributed by atoms with Crippen molar-refractivity contribution >= 4 is 28.3 Å². The third-order valence-corrected chi connectivity index (χ3v) is 3.77. The zero-order valence-corrected chi connectivity index (χ0v) is 10.7. The summed E-state index contributed by atoms with van der Waals surface area (Å²) in [6.45, 7) is 0. The van der Waals surface area contributed by atoms with Crippen molar-refractivity contribution < 1.29 is 0 Å². The van der Waals surface area contributed by atoms with Crippen LogP contribution in [-0.4, -0.2) is 15.0 Å². The topological polar surface area (TPSA) is 67.6 Å². The number of nitrogens with one attached hydrogen (secondary N) is 1. The van der Waals surface area contributed by atoms with Crippen LogP contribution in [0, 0.1) is 0 Å². The predicted molar refractivity (Wildman–Crippen MR) is 74.6 cm³/mol. The molecule has 0 radical (unpaired) electrons. The summed E-state index contributed by atoms with van der Waals surface area (Å²) < 4.78 is 0. The minimum atomic E-state index is 0.513. The molecule has 3 aromatic rings. The molecule has 0 aliphatic rings. The Hall–Kier alpha value is -1.88. The van der Waals surface area contributed by atoms with Crippen molar-refractivity contribution in [3.05, 3.63) is 40.3 Å². The highest BCUT2D eigenvalue weighted by atomic mass is 32.1. The number of fused-ring (bicyclic) bond motifs is 1. The highest BCUT2D eigenvalue weighted by molar-refractivity contribution is 7.09. The fourth-order valence-corrected chi connectivity index (χ4v) is 2.71. The summed E-state index contributed by atoms with van der Waals surface area (Å²) in [5.41, 5.74) is 7.30. The van der Waals surface area contributed by atoms with Gasteiger partial charge in [0.2, 0.25) is 0 Å². The molecule has 18 heavy (non-hydrogen) atoms. The van der Waals surface area contributed by atoms with Crippen molar-refractivity contribution in [2.75, 3.05) is 5.73 Å². The zero-order valence-electron chi connectivity index (χ0n) is 9.89. The number of nitrogen functional groups attached to an aromatic ring is 1. The van der Waals surface area contributed by atoms with E-state index in [2.05, 4.69) is 32.5 Å². The fraction of sp³-hybridized carbons (Fsp3) is 0.231. The maximum absolute atomic E-state index is 5.63. The Morgan fingerprint density at radius 2 is 2.11 bits per heavy atom. The number of hydrogen-bond donors (Lipinski definition) is 2. The maximum Gasteiger partial charge on any atom is 0.179 e. The Balaban J connectivity index is 1.67. The van der Waals surface area contributed by atoms with E-state index in [1.54, 1.807) is 17.4 Å². The van der Waals surface area contributed by atoms with Gasteiger partial charge in [0.15, 0.2) is 5.65 Å². The summed E-state index contributed by atoms with van der Waals surface area (Å²) in [6.07, 6.45) is 3.13. The lowest BCUT2D eigenvalue weighted by Gasteiger charge is -1.95. The van der Waals surface area contributed by atoms with Crippen molar-refractivity contribution in [2.45, 2.75) is 19.3 Å². The Labute approximate surface area is 109 Å². The molecule has 0 amide bonds. The van der Waals surface area contributed by atoms with E-state index < -0.39 is 0 Å². The lowest BCUT2D eigenvalue weighted by molar-refractivity contribution is 0.793. The molecule has 3 heterocycles. The van der Waals surface area contributed by atoms with Crippen molar-refractivity contribution in [1.82, 2.24) is 15.0 Å². The number of imidazole rings is 1. The minimum Gasteiger partial charge on any atom is -0.384 e. The van der Waals surface area contributed by atoms with Crippen molar-refractivity contribution in [2.24, 2.45) is 0 Å². The van der Waals surface area contributed by atoms with Gasteiger partial charge in [-0.25, -0.2) is 9.97 Å². The zero-order chi connectivity index (χ0) is 12.4. The molecule has 0 saturated carbocycles. The number of aromatic nitrogens is 3. The number of hydrogen-bond acceptors (Lipinski definition) is 4. The number of nitrogens with zero attached hydrogens (tertiary/aromatic N) is 2. The molecule has 0 unspecified atom stereocenters. The number of rotatable bonds is 4. The first-order valence-corrected chi connectivity index (χ1v) is 6.83. The van der Waals surface area contributed by atoms with Gasteiger partial charge in [-0.1, -0.05) is 6.07 Å². The number of aryl methyl sites for hydroxylation is 2. The SMILES string of the molecule is Nc1ccc2[nH]c(CCCc3cccs3)nc2n1. The van der Waals surface area contributed by atoms with Crippen LogP contribution in [0.25, 0.3) is 11.2 Å². The number of thiophene rings is 1. The standard InChI is InChI=1S/C13H14N4S/c14-11-7-6-10-13(16-11)17-12(15-10)5-1-3-9-4-2-8-18-9/h2,4,6-8H,1,3,5H2,(H3,14,15,16,17). The number of anilines is 1. The predicted octanol–water partition coefficient (Wildman–Crippen LogP) is 2.78. The Morgan fingerprint density at radius 3 is 2.94 bits per heavy atom. The largest absolute Gasteiger partial charge is 0.384 e. The molecule has 0 aliphatic carbocycles. The number of H-pyrrole nitrogens is 1. The molecule has 0 fully saturated rings. The van der Waals surface area contributed by atoms with Crippen LogP contribution < -0.4 is 5.73 Å². The Bertz CT molecular complexity index is 642. The Morgan fingerprint density at radius 1 is 1.17 bits per heavy atom. The van der Waals surface area contributed by atoms with E-state index in [0.717, 1.165) is 30.6 Å². The third kappa shape index (κ3) is 2.36. The highest BCUT2D eigenvalue weighted by Gasteiger charge is 2.04. The summed E-state index contributed by atoms with van der Waals surface area (Å²) in [7, 11) is 0. The molecule has 0 atom stereocenters. The van der Waals surface area contributed by atoms with Crippen LogP contribution in [0.5, 0.6) is 0 Å². The molecule has 0 aromatic carbocycles. The van der Waals surface area contributed by atoms with Gasteiger partial charge in [-0.05, 0) is 36.4 Å². The summed E-state index contributed by atoms with van der Waals surface area (Å²) in [5, 5.41) is 2.11. The average molecular weight is 258 g/mol. The Kier molecular flexibility index (Phi) is 2.98. The quantitative estimate of drug-likeness (QED) is 0.756. The van der Waals surface area contributed by atoms with Gasteiger partial charge in [0.1, 0.15) is 11.6 Å². The van der Waals surface area contributed by atoms with E-state index in [-0.39, 0.29) is 0 Å². The van der Waals surface area contributed by atoms with Crippen LogP contribution in [0.2, 0.25) is 0 Å². The van der Waals surface area contributed by atoms with E-state index in [1.807, 2.05) is 6.07 Å². The second-order valence-corrected chi connectivity index (χ2v) is 5.26. The number of aromatic amines is 1. The van der Waals surface area contributed by atoms with Gasteiger partial charge in [0, 0.05) is 11.3 Å². The van der Waals surface area contributed by atoms with Gasteiger partial charge in [-0.3, -0.25) is 0 Å². The lowest BCUT2D eigenvalue weighted by atomic mass is 10.2. The second-order valence-electron chi connectivity index (χ2n) is 4.22. The highest BCUT2D eigenvalue weighted by Crippen LogP contribution is 2.14. The fourth-order valence-electron chi connectivity index (χ4n) is 1.96. The first-order chi connectivity index (χ1) is 8.81. The van der Waals surface area contributed by atoms with Crippen LogP contribution in [-0.2, 0) is 12.8 Å². The third-order valence-electron chi connectivity index (χ3n) is 2.83. The molecule has 0 aliphatic heterocycles. The molecule has 92 valence electrons. The molecule has 5 heteroatoms. The van der Waals surface area contributed by atoms with Gasteiger partial charge < -0.3 is 10.7 Å². The number of pyridine rings is 1. The second kappa shape index (κ2) is 4.78. The molecule has 3 aromatic heterocycles. The van der Waals surface area contributed by atoms with Crippen molar-refractivity contribution in [1.29, 1.82) is 0 Å². The summed E-state index contributed by atoms with van der Waals surface area (Å²) in [6, 6.07) is 7.98. The van der Waals surface area contributed by atoms with Crippen LogP contribution in [0.3, 0.4) is 0 Å². The van der Waals surface area contributed by atoms with Crippen LogP contribution >= 0.6 is 11.3 Å². The van der Waals surface area contributed by atoms with E-state index in [4.69, 9.17) is 5.73 Å². The summed E-state index contributed by atoms with van der Waals surface area (Å²) in [4.78, 5) is 13.3. The molecule has 3 N–H and O–H groups in total. The van der Waals surface area contributed by atoms with Crippen molar-refractivity contribution in [3.8, 4) is 0 Å². The van der Waals surface area contributed by atoms with E-state index in [1.165, 1.54) is 4.88 Å². The van der Waals surface area contributed by atoms with E-state index in [0.29, 0.717) is 11.5 Å². The first kappa shape index (κ1) is 11.2. The van der Waals surface area contributed by atoms with Crippen molar-refractivity contribution in [3.63, 3.8) is 0 Å². The lowest BCUT2D eigenvalue weighted by Crippen LogP contribution is -1.90. The van der Waals surface area contributed by atoms with Gasteiger partial charge in [-0.15, -0.1) is 11.3 Å². The number of nitrogens with two attached hydrogens (primary N) is 1. The smallest absolute Gasteiger partial charge is 0.179 e. The molecular weight excluding hydrogens is 244 g/mol. The summed E-state index contributed by atoms with van der Waals surface area (Å²) >= 11 is 1.81. The van der Waals surface area contributed by atoms with Crippen LogP contribution in [0.15, 0.2) is 29.6 Å². The summed E-state index contributed by atoms with van der Waals surface area (Å²) in [5.74, 6) is 1.50. The maximum atomic E-state index is 5.63. The minimum absolute atomic E-state index is 0.513. The van der Waals surface area contributed by atoms with Crippen LogP contribution in [0.1, 0.15) is 17.1 Å². The molecular formula is C13H14N4S. The molecule has 0 bridgehead atoms. The molecule has 3 rings (SSSR count).